The summed E-state index contributed by atoms with van der Waals surface area (Å²) in [5, 5.41) is 3.84. The molecule has 1 aliphatic heterocycles. The molecular weight excluding hydrogens is 456 g/mol. The van der Waals surface area contributed by atoms with Gasteiger partial charge in [0.05, 0.1) is 0 Å². The summed E-state index contributed by atoms with van der Waals surface area (Å²) in [7, 11) is 2.26. The van der Waals surface area contributed by atoms with Crippen LogP contribution in [0.5, 0.6) is 0 Å². The van der Waals surface area contributed by atoms with Crippen molar-refractivity contribution >= 4 is 35.7 Å². The number of aromatic nitrogens is 1. The van der Waals surface area contributed by atoms with Crippen molar-refractivity contribution in [1.82, 2.24) is 19.5 Å². The van der Waals surface area contributed by atoms with Crippen molar-refractivity contribution < 1.29 is 9.59 Å². The van der Waals surface area contributed by atoms with Crippen LogP contribution in [0.2, 0.25) is 0 Å². The van der Waals surface area contributed by atoms with E-state index in [4.69, 9.17) is 0 Å². The van der Waals surface area contributed by atoms with Gasteiger partial charge in [0.2, 0.25) is 0 Å². The Balaban J connectivity index is 1.30. The maximum Gasteiger partial charge on any atom is 0.334 e. The largest absolute Gasteiger partial charge is 0.361 e. The highest BCUT2D eigenvalue weighted by atomic mass is 32.1. The predicted molar refractivity (Wildman–Crippen MR) is 143 cm³/mol. The number of urea groups is 1. The van der Waals surface area contributed by atoms with Gasteiger partial charge in [-0.2, -0.15) is 0 Å². The minimum absolute atomic E-state index is 0.244. The molecule has 1 fully saturated rings. The van der Waals surface area contributed by atoms with Crippen molar-refractivity contribution in [3.05, 3.63) is 70.9 Å². The molecule has 1 saturated heterocycles. The van der Waals surface area contributed by atoms with E-state index in [0.717, 1.165) is 12.8 Å². The maximum atomic E-state index is 12.6. The monoisotopic (exact) mass is 490 g/mol. The zero-order valence-corrected chi connectivity index (χ0v) is 21.6. The number of hydrogen-bond acceptors (Lipinski definition) is 4. The molecule has 7 heteroatoms. The fourth-order valence-corrected chi connectivity index (χ4v) is 6.44. The molecule has 0 bridgehead atoms. The summed E-state index contributed by atoms with van der Waals surface area (Å²) in [5.41, 5.74) is 5.58. The second kappa shape index (κ2) is 9.36. The van der Waals surface area contributed by atoms with E-state index in [2.05, 4.69) is 67.2 Å². The Morgan fingerprint density at radius 2 is 1.97 bits per heavy atom. The van der Waals surface area contributed by atoms with Crippen LogP contribution in [0.1, 0.15) is 59.7 Å². The summed E-state index contributed by atoms with van der Waals surface area (Å²) in [6.45, 7) is 5.84. The minimum atomic E-state index is -0.514. The summed E-state index contributed by atoms with van der Waals surface area (Å²) in [4.78, 5) is 31.1. The molecule has 1 aliphatic carbocycles. The fraction of sp³-hybridized carbons (Fsp3) is 0.429. The van der Waals surface area contributed by atoms with Gasteiger partial charge in [0.25, 0.3) is 5.91 Å². The summed E-state index contributed by atoms with van der Waals surface area (Å²) >= 11 is 4.41. The Morgan fingerprint density at radius 3 is 2.74 bits per heavy atom. The van der Waals surface area contributed by atoms with Crippen LogP contribution in [0, 0.1) is 5.41 Å². The van der Waals surface area contributed by atoms with Gasteiger partial charge in [-0.05, 0) is 73.5 Å². The molecule has 2 atom stereocenters. The number of amides is 3. The van der Waals surface area contributed by atoms with Gasteiger partial charge in [0.1, 0.15) is 0 Å². The second-order valence-corrected chi connectivity index (χ2v) is 11.4. The third-order valence-corrected chi connectivity index (χ3v) is 7.98. The molecule has 0 spiro atoms. The van der Waals surface area contributed by atoms with Gasteiger partial charge >= 0.3 is 6.03 Å². The number of carbonyl (C=O) groups excluding carboxylic acids is 2. The Labute approximate surface area is 212 Å². The molecule has 0 radical (unpaired) electrons. The van der Waals surface area contributed by atoms with E-state index in [-0.39, 0.29) is 5.41 Å². The van der Waals surface area contributed by atoms with Crippen molar-refractivity contribution in [3.63, 3.8) is 0 Å². The van der Waals surface area contributed by atoms with Gasteiger partial charge in [-0.25, -0.2) is 4.79 Å². The molecular formula is C28H34N4O2S. The zero-order valence-electron chi connectivity index (χ0n) is 20.7. The standard InChI is InChI=1S/C28H34N4O2S/c1-28(2,17-32(35)27(34)30-26(33)18-8-5-4-6-9-18)15-19-11-12-22-21-10-7-13-31(3)23(21)14-20-16-29-25(19)24(20)22/h4-6,8-9,11-12,16,21,23,29,35H,7,10,13-15,17H2,1-3H3,(H,30,33,34)/t21-,23-/m1/s1. The molecule has 0 unspecified atom stereocenters. The van der Waals surface area contributed by atoms with Crippen LogP contribution in [-0.4, -0.2) is 52.3 Å². The molecule has 5 rings (SSSR count). The first kappa shape index (κ1) is 23.9. The van der Waals surface area contributed by atoms with Crippen LogP contribution >= 0.6 is 12.8 Å². The van der Waals surface area contributed by atoms with Crippen LogP contribution in [0.3, 0.4) is 0 Å². The van der Waals surface area contributed by atoms with E-state index >= 15 is 0 Å². The molecule has 35 heavy (non-hydrogen) atoms. The number of thiol groups is 1. The van der Waals surface area contributed by atoms with Crippen LogP contribution in [0.25, 0.3) is 10.9 Å². The number of likely N-dealkylation sites (N-methyl/N-ethyl adjacent to an activating group) is 1. The number of imide groups is 1. The first-order valence-electron chi connectivity index (χ1n) is 12.4. The van der Waals surface area contributed by atoms with E-state index < -0.39 is 11.9 Å². The number of nitrogens with one attached hydrogen (secondary N) is 2. The van der Waals surface area contributed by atoms with E-state index in [9.17, 15) is 9.59 Å². The summed E-state index contributed by atoms with van der Waals surface area (Å²) < 4.78 is 1.30. The van der Waals surface area contributed by atoms with Gasteiger partial charge < -0.3 is 9.88 Å². The number of aromatic amines is 1. The average Bonchev–Trinajstić information content (AvgIpc) is 3.26. The van der Waals surface area contributed by atoms with E-state index in [0.29, 0.717) is 24.1 Å². The van der Waals surface area contributed by atoms with Gasteiger partial charge in [-0.3, -0.25) is 14.4 Å². The molecule has 2 aromatic carbocycles. The number of nitrogens with zero attached hydrogens (tertiary/aromatic N) is 2. The van der Waals surface area contributed by atoms with E-state index in [1.165, 1.54) is 51.3 Å². The first-order valence-corrected chi connectivity index (χ1v) is 12.8. The van der Waals surface area contributed by atoms with E-state index in [1.807, 2.05) is 6.07 Å². The third kappa shape index (κ3) is 4.71. The highest BCUT2D eigenvalue weighted by Crippen LogP contribution is 2.44. The number of likely N-dealkylation sites (tertiary alicyclic amines) is 1. The average molecular weight is 491 g/mol. The lowest BCUT2D eigenvalue weighted by Gasteiger charge is -2.42. The minimum Gasteiger partial charge on any atom is -0.361 e. The zero-order chi connectivity index (χ0) is 24.7. The molecule has 2 heterocycles. The summed E-state index contributed by atoms with van der Waals surface area (Å²) in [6, 6.07) is 13.4. The molecule has 3 aromatic rings. The number of rotatable bonds is 5. The van der Waals surface area contributed by atoms with Gasteiger partial charge in [0, 0.05) is 41.2 Å². The molecule has 184 valence electrons. The van der Waals surface area contributed by atoms with Gasteiger partial charge in [0.15, 0.2) is 0 Å². The number of benzene rings is 2. The lowest BCUT2D eigenvalue weighted by atomic mass is 9.74. The van der Waals surface area contributed by atoms with Gasteiger partial charge in [-0.1, -0.05) is 57.0 Å². The number of fused-ring (bicyclic) bond motifs is 2. The highest BCUT2D eigenvalue weighted by Gasteiger charge is 2.36. The molecule has 2 N–H and O–H groups in total. The van der Waals surface area contributed by atoms with Crippen molar-refractivity contribution in [2.45, 2.75) is 51.5 Å². The Morgan fingerprint density at radius 1 is 1.20 bits per heavy atom. The molecule has 3 amide bonds. The van der Waals surface area contributed by atoms with Gasteiger partial charge in [-0.15, -0.1) is 0 Å². The molecule has 1 aromatic heterocycles. The summed E-state index contributed by atoms with van der Waals surface area (Å²) in [5.74, 6) is 0.171. The van der Waals surface area contributed by atoms with Crippen LogP contribution in [-0.2, 0) is 12.8 Å². The van der Waals surface area contributed by atoms with Crippen molar-refractivity contribution in [3.8, 4) is 0 Å². The number of piperidine rings is 1. The maximum absolute atomic E-state index is 12.6. The van der Waals surface area contributed by atoms with Crippen LogP contribution < -0.4 is 5.32 Å². The second-order valence-electron chi connectivity index (χ2n) is 10.9. The lowest BCUT2D eigenvalue weighted by molar-refractivity contribution is 0.0957. The smallest absolute Gasteiger partial charge is 0.334 e. The SMILES string of the molecule is CN1CCC[C@@H]2c3ccc(CC(C)(C)CN(S)C(=O)NC(=O)c4ccccc4)c4[nH]cc(c34)C[C@H]21. The molecule has 0 saturated carbocycles. The Bertz CT molecular complexity index is 1250. The Hall–Kier alpha value is -2.77. The van der Waals surface area contributed by atoms with Crippen molar-refractivity contribution in [2.75, 3.05) is 20.1 Å². The first-order chi connectivity index (χ1) is 16.7. The van der Waals surface area contributed by atoms with Crippen molar-refractivity contribution in [1.29, 1.82) is 0 Å². The van der Waals surface area contributed by atoms with Crippen LogP contribution in [0.4, 0.5) is 4.79 Å². The highest BCUT2D eigenvalue weighted by molar-refractivity contribution is 7.78. The lowest BCUT2D eigenvalue weighted by Crippen LogP contribution is -2.44. The van der Waals surface area contributed by atoms with Crippen LogP contribution in [0.15, 0.2) is 48.7 Å². The van der Waals surface area contributed by atoms with Crippen molar-refractivity contribution in [2.24, 2.45) is 5.41 Å². The molecule has 6 nitrogen and oxygen atoms in total. The normalized spacial score (nSPS) is 19.9. The topological polar surface area (TPSA) is 68.4 Å². The fourth-order valence-electron chi connectivity index (χ4n) is 6.01. The quantitative estimate of drug-likeness (QED) is 0.433. The molecule has 2 aliphatic rings. The summed E-state index contributed by atoms with van der Waals surface area (Å²) in [6.07, 6.45) is 6.58. The number of carbonyl (C=O) groups is 2. The number of H-pyrrole nitrogens is 1. The predicted octanol–water partition coefficient (Wildman–Crippen LogP) is 5.17. The number of hydrogen-bond donors (Lipinski definition) is 3. The third-order valence-electron chi connectivity index (χ3n) is 7.66. The van der Waals surface area contributed by atoms with E-state index in [1.54, 1.807) is 24.3 Å². The Kier molecular flexibility index (Phi) is 6.40.